The highest BCUT2D eigenvalue weighted by Crippen LogP contribution is 2.44. The molecule has 1 unspecified atom stereocenters. The predicted molar refractivity (Wildman–Crippen MR) is 116 cm³/mol. The van der Waals surface area contributed by atoms with Gasteiger partial charge in [0.15, 0.2) is 9.84 Å². The first-order valence-corrected chi connectivity index (χ1v) is 12.1. The predicted octanol–water partition coefficient (Wildman–Crippen LogP) is 4.58. The minimum atomic E-state index is -3.26. The Hall–Kier alpha value is -2.57. The van der Waals surface area contributed by atoms with E-state index < -0.39 is 9.84 Å². The summed E-state index contributed by atoms with van der Waals surface area (Å²) in [6, 6.07) is 24.6. The number of rotatable bonds is 5. The van der Waals surface area contributed by atoms with Gasteiger partial charge in [-0.25, -0.2) is 8.42 Å². The Balaban J connectivity index is 1.67. The molecule has 0 radical (unpaired) electrons. The van der Waals surface area contributed by atoms with Gasteiger partial charge in [0.2, 0.25) is 0 Å². The minimum absolute atomic E-state index is 0.00692. The SMILES string of the molecule is CS(=O)(=O)c1ccc(C2Sc3ccccc3C(=O)N2CCc2ccccc2)cc1. The number of sulfone groups is 1. The third-order valence-corrected chi connectivity index (χ3v) is 7.47. The number of hydrogen-bond donors (Lipinski definition) is 0. The van der Waals surface area contributed by atoms with Crippen LogP contribution in [0, 0.1) is 0 Å². The van der Waals surface area contributed by atoms with Crippen LogP contribution in [0.4, 0.5) is 0 Å². The Labute approximate surface area is 175 Å². The van der Waals surface area contributed by atoms with Crippen molar-refractivity contribution in [3.05, 3.63) is 95.6 Å². The fourth-order valence-electron chi connectivity index (χ4n) is 3.43. The van der Waals surface area contributed by atoms with E-state index in [-0.39, 0.29) is 16.2 Å². The van der Waals surface area contributed by atoms with E-state index in [9.17, 15) is 13.2 Å². The lowest BCUT2D eigenvalue weighted by Gasteiger charge is -2.36. The summed E-state index contributed by atoms with van der Waals surface area (Å²) >= 11 is 1.63. The molecule has 3 aromatic carbocycles. The zero-order valence-corrected chi connectivity index (χ0v) is 17.6. The van der Waals surface area contributed by atoms with Crippen molar-refractivity contribution < 1.29 is 13.2 Å². The van der Waals surface area contributed by atoms with Crippen LogP contribution >= 0.6 is 11.8 Å². The number of hydrogen-bond acceptors (Lipinski definition) is 4. The lowest BCUT2D eigenvalue weighted by Crippen LogP contribution is -2.38. The number of carbonyl (C=O) groups excluding carboxylic acids is 1. The number of carbonyl (C=O) groups is 1. The Morgan fingerprint density at radius 3 is 2.24 bits per heavy atom. The van der Waals surface area contributed by atoms with Gasteiger partial charge in [-0.2, -0.15) is 0 Å². The van der Waals surface area contributed by atoms with Crippen LogP contribution in [0.25, 0.3) is 0 Å². The number of thioether (sulfide) groups is 1. The Kier molecular flexibility index (Phi) is 5.48. The highest BCUT2D eigenvalue weighted by atomic mass is 32.2. The van der Waals surface area contributed by atoms with Gasteiger partial charge in [-0.05, 0) is 41.8 Å². The molecule has 148 valence electrons. The van der Waals surface area contributed by atoms with Gasteiger partial charge in [0.25, 0.3) is 5.91 Å². The van der Waals surface area contributed by atoms with Gasteiger partial charge < -0.3 is 4.90 Å². The molecule has 0 bridgehead atoms. The van der Waals surface area contributed by atoms with E-state index in [0.717, 1.165) is 22.4 Å². The van der Waals surface area contributed by atoms with Crippen LogP contribution in [0.15, 0.2) is 88.7 Å². The molecule has 3 aromatic rings. The largest absolute Gasteiger partial charge is 0.322 e. The summed E-state index contributed by atoms with van der Waals surface area (Å²) in [7, 11) is -3.26. The molecule has 0 aliphatic carbocycles. The fraction of sp³-hybridized carbons (Fsp3) is 0.174. The van der Waals surface area contributed by atoms with Crippen molar-refractivity contribution in [2.75, 3.05) is 12.8 Å². The van der Waals surface area contributed by atoms with Crippen LogP contribution in [-0.2, 0) is 16.3 Å². The molecular weight excluding hydrogens is 402 g/mol. The topological polar surface area (TPSA) is 54.5 Å². The van der Waals surface area contributed by atoms with Crippen LogP contribution in [0.1, 0.15) is 26.9 Å². The zero-order chi connectivity index (χ0) is 20.4. The molecule has 0 N–H and O–H groups in total. The Morgan fingerprint density at radius 1 is 0.897 bits per heavy atom. The van der Waals surface area contributed by atoms with Gasteiger partial charge >= 0.3 is 0 Å². The molecule has 4 nitrogen and oxygen atoms in total. The summed E-state index contributed by atoms with van der Waals surface area (Å²) in [5.41, 5.74) is 2.81. The maximum Gasteiger partial charge on any atom is 0.256 e. The molecule has 0 fully saturated rings. The molecule has 0 saturated carbocycles. The van der Waals surface area contributed by atoms with Crippen molar-refractivity contribution in [2.45, 2.75) is 21.6 Å². The van der Waals surface area contributed by atoms with Crippen LogP contribution in [0.3, 0.4) is 0 Å². The molecule has 1 atom stereocenters. The van der Waals surface area contributed by atoms with Crippen molar-refractivity contribution in [3.63, 3.8) is 0 Å². The number of amides is 1. The molecule has 1 amide bonds. The number of benzene rings is 3. The summed E-state index contributed by atoms with van der Waals surface area (Å²) in [6.45, 7) is 0.586. The van der Waals surface area contributed by atoms with E-state index in [4.69, 9.17) is 0 Å². The maximum absolute atomic E-state index is 13.3. The molecule has 0 saturated heterocycles. The molecule has 29 heavy (non-hydrogen) atoms. The standard InChI is InChI=1S/C23H21NO3S2/c1-29(26,27)19-13-11-18(12-14-19)23-24(16-15-17-7-3-2-4-8-17)22(25)20-9-5-6-10-21(20)28-23/h2-14,23H,15-16H2,1H3. The summed E-state index contributed by atoms with van der Waals surface area (Å²) in [6.07, 6.45) is 1.95. The normalized spacial score (nSPS) is 16.5. The van der Waals surface area contributed by atoms with Crippen molar-refractivity contribution >= 4 is 27.5 Å². The first kappa shape index (κ1) is 19.7. The summed E-state index contributed by atoms with van der Waals surface area (Å²) in [5, 5.41) is -0.199. The smallest absolute Gasteiger partial charge is 0.256 e. The van der Waals surface area contributed by atoms with E-state index in [0.29, 0.717) is 6.54 Å². The van der Waals surface area contributed by atoms with Crippen molar-refractivity contribution in [3.8, 4) is 0 Å². The van der Waals surface area contributed by atoms with Gasteiger partial charge in [0.1, 0.15) is 5.37 Å². The molecular formula is C23H21NO3S2. The monoisotopic (exact) mass is 423 g/mol. The van der Waals surface area contributed by atoms with Crippen molar-refractivity contribution in [2.24, 2.45) is 0 Å². The molecule has 4 rings (SSSR count). The third kappa shape index (κ3) is 4.23. The molecule has 1 aliphatic rings. The lowest BCUT2D eigenvalue weighted by molar-refractivity contribution is 0.0728. The van der Waals surface area contributed by atoms with Crippen LogP contribution in [0.5, 0.6) is 0 Å². The third-order valence-electron chi connectivity index (χ3n) is 4.98. The number of nitrogens with zero attached hydrogens (tertiary/aromatic N) is 1. The highest BCUT2D eigenvalue weighted by molar-refractivity contribution is 7.99. The van der Waals surface area contributed by atoms with Crippen molar-refractivity contribution in [1.82, 2.24) is 4.90 Å². The summed E-state index contributed by atoms with van der Waals surface area (Å²) in [4.78, 5) is 16.4. The van der Waals surface area contributed by atoms with Crippen LogP contribution in [-0.4, -0.2) is 32.0 Å². The van der Waals surface area contributed by atoms with E-state index >= 15 is 0 Å². The van der Waals surface area contributed by atoms with E-state index in [1.165, 1.54) is 11.8 Å². The first-order valence-electron chi connectivity index (χ1n) is 9.34. The van der Waals surface area contributed by atoms with Gasteiger partial charge in [0.05, 0.1) is 10.5 Å². The number of fused-ring (bicyclic) bond motifs is 1. The molecule has 0 aromatic heterocycles. The second kappa shape index (κ2) is 8.05. The first-order chi connectivity index (χ1) is 13.9. The average Bonchev–Trinajstić information content (AvgIpc) is 2.73. The van der Waals surface area contributed by atoms with Gasteiger partial charge in [-0.1, -0.05) is 66.4 Å². The minimum Gasteiger partial charge on any atom is -0.322 e. The van der Waals surface area contributed by atoms with E-state index in [1.54, 1.807) is 23.9 Å². The van der Waals surface area contributed by atoms with Gasteiger partial charge in [-0.15, -0.1) is 0 Å². The van der Waals surface area contributed by atoms with Gasteiger partial charge in [-0.3, -0.25) is 4.79 Å². The Morgan fingerprint density at radius 2 is 1.55 bits per heavy atom. The Bertz CT molecular complexity index is 1130. The fourth-order valence-corrected chi connectivity index (χ4v) is 5.36. The molecule has 0 spiro atoms. The van der Waals surface area contributed by atoms with Crippen molar-refractivity contribution in [1.29, 1.82) is 0 Å². The van der Waals surface area contributed by atoms with E-state index in [1.807, 2.05) is 59.5 Å². The van der Waals surface area contributed by atoms with Gasteiger partial charge in [0, 0.05) is 17.7 Å². The quantitative estimate of drug-likeness (QED) is 0.603. The molecule has 1 heterocycles. The highest BCUT2D eigenvalue weighted by Gasteiger charge is 2.33. The summed E-state index contributed by atoms with van der Waals surface area (Å²) in [5.74, 6) is 0.00692. The zero-order valence-electron chi connectivity index (χ0n) is 16.0. The second-order valence-electron chi connectivity index (χ2n) is 7.04. The lowest BCUT2D eigenvalue weighted by atomic mass is 10.1. The van der Waals surface area contributed by atoms with Crippen LogP contribution < -0.4 is 0 Å². The van der Waals surface area contributed by atoms with E-state index in [2.05, 4.69) is 12.1 Å². The second-order valence-corrected chi connectivity index (χ2v) is 10.2. The molecule has 6 heteroatoms. The average molecular weight is 424 g/mol. The van der Waals surface area contributed by atoms with Crippen LogP contribution in [0.2, 0.25) is 0 Å². The maximum atomic E-state index is 13.3. The summed E-state index contributed by atoms with van der Waals surface area (Å²) < 4.78 is 23.6. The molecule has 1 aliphatic heterocycles.